The van der Waals surface area contributed by atoms with Gasteiger partial charge < -0.3 is 24.2 Å². The highest BCUT2D eigenvalue weighted by molar-refractivity contribution is 7.10. The van der Waals surface area contributed by atoms with Gasteiger partial charge in [-0.2, -0.15) is 0 Å². The third kappa shape index (κ3) is 4.66. The van der Waals surface area contributed by atoms with E-state index in [4.69, 9.17) is 14.2 Å². The summed E-state index contributed by atoms with van der Waals surface area (Å²) in [6, 6.07) is 6.17. The fourth-order valence-electron chi connectivity index (χ4n) is 3.74. The standard InChI is InChI=1S/C24H29NO6S/c1-14(2)31-11-6-10-25-20(23-15(3)9-12-32-23)19(22(27)24(25)28)21(26)16-7-8-17(29-4)18(13-16)30-5/h7-9,12-14,20,26H,6,10-11H2,1-5H3/b21-19-. The maximum Gasteiger partial charge on any atom is 0.295 e. The molecular formula is C24H29NO6S. The van der Waals surface area contributed by atoms with Gasteiger partial charge in [0, 0.05) is 23.6 Å². The first kappa shape index (κ1) is 23.8. The molecule has 0 aliphatic carbocycles. The average Bonchev–Trinajstić information content (AvgIpc) is 3.30. The minimum absolute atomic E-state index is 0.0811. The molecule has 1 unspecified atom stereocenters. The van der Waals surface area contributed by atoms with Gasteiger partial charge in [0.05, 0.1) is 31.9 Å². The summed E-state index contributed by atoms with van der Waals surface area (Å²) in [7, 11) is 3.01. The van der Waals surface area contributed by atoms with Gasteiger partial charge in [0.25, 0.3) is 11.7 Å². The Hall–Kier alpha value is -2.84. The number of thiophene rings is 1. The van der Waals surface area contributed by atoms with Crippen LogP contribution < -0.4 is 9.47 Å². The molecule has 0 spiro atoms. The van der Waals surface area contributed by atoms with E-state index in [9.17, 15) is 14.7 Å². The van der Waals surface area contributed by atoms with Crippen molar-refractivity contribution in [2.24, 2.45) is 0 Å². The molecule has 1 amide bonds. The van der Waals surface area contributed by atoms with Gasteiger partial charge in [0.15, 0.2) is 11.5 Å². The Bertz CT molecular complexity index is 1030. The lowest BCUT2D eigenvalue weighted by molar-refractivity contribution is -0.140. The van der Waals surface area contributed by atoms with Crippen molar-refractivity contribution >= 4 is 28.8 Å². The van der Waals surface area contributed by atoms with Crippen molar-refractivity contribution < 1.29 is 28.9 Å². The number of rotatable bonds is 9. The normalized spacial score (nSPS) is 17.9. The second-order valence-corrected chi connectivity index (χ2v) is 8.75. The number of ketones is 1. The molecule has 1 atom stereocenters. The van der Waals surface area contributed by atoms with Crippen molar-refractivity contribution in [2.45, 2.75) is 39.3 Å². The number of benzene rings is 1. The first-order chi connectivity index (χ1) is 15.3. The molecule has 1 N–H and O–H groups in total. The van der Waals surface area contributed by atoms with Crippen molar-refractivity contribution in [3.63, 3.8) is 0 Å². The number of nitrogens with zero attached hydrogens (tertiary/aromatic N) is 1. The number of methoxy groups -OCH3 is 2. The van der Waals surface area contributed by atoms with Crippen LogP contribution in [0.25, 0.3) is 5.76 Å². The van der Waals surface area contributed by atoms with Crippen molar-refractivity contribution in [3.05, 3.63) is 51.2 Å². The molecular weight excluding hydrogens is 430 g/mol. The molecule has 0 bridgehead atoms. The molecule has 1 aromatic heterocycles. The number of carbonyl (C=O) groups is 2. The summed E-state index contributed by atoms with van der Waals surface area (Å²) in [5, 5.41) is 13.1. The highest BCUT2D eigenvalue weighted by atomic mass is 32.1. The molecule has 1 aliphatic heterocycles. The van der Waals surface area contributed by atoms with Gasteiger partial charge in [-0.3, -0.25) is 9.59 Å². The van der Waals surface area contributed by atoms with E-state index in [1.807, 2.05) is 32.2 Å². The van der Waals surface area contributed by atoms with E-state index in [0.717, 1.165) is 10.4 Å². The minimum Gasteiger partial charge on any atom is -0.507 e. The molecule has 3 rings (SSSR count). The Morgan fingerprint density at radius 3 is 2.47 bits per heavy atom. The topological polar surface area (TPSA) is 85.3 Å². The Morgan fingerprint density at radius 1 is 1.16 bits per heavy atom. The Balaban J connectivity index is 2.05. The van der Waals surface area contributed by atoms with Crippen LogP contribution in [0.2, 0.25) is 0 Å². The average molecular weight is 460 g/mol. The van der Waals surface area contributed by atoms with Crippen LogP contribution in [0.5, 0.6) is 11.5 Å². The lowest BCUT2D eigenvalue weighted by atomic mass is 9.98. The van der Waals surface area contributed by atoms with E-state index >= 15 is 0 Å². The van der Waals surface area contributed by atoms with Gasteiger partial charge in [-0.15, -0.1) is 11.3 Å². The number of hydrogen-bond acceptors (Lipinski definition) is 7. The number of hydrogen-bond donors (Lipinski definition) is 1. The molecule has 172 valence electrons. The second-order valence-electron chi connectivity index (χ2n) is 7.80. The van der Waals surface area contributed by atoms with Gasteiger partial charge in [-0.1, -0.05) is 0 Å². The van der Waals surface area contributed by atoms with Gasteiger partial charge >= 0.3 is 0 Å². The highest BCUT2D eigenvalue weighted by Crippen LogP contribution is 2.43. The van der Waals surface area contributed by atoms with E-state index in [2.05, 4.69) is 0 Å². The number of Topliss-reactive ketones (excluding diaryl/α,β-unsaturated/α-hetero) is 1. The molecule has 0 saturated carbocycles. The molecule has 1 saturated heterocycles. The van der Waals surface area contributed by atoms with E-state index in [-0.39, 0.29) is 17.4 Å². The van der Waals surface area contributed by atoms with Crippen molar-refractivity contribution in [1.82, 2.24) is 4.90 Å². The fraction of sp³-hybridized carbons (Fsp3) is 0.417. The smallest absolute Gasteiger partial charge is 0.295 e. The summed E-state index contributed by atoms with van der Waals surface area (Å²) < 4.78 is 16.2. The molecule has 1 aliphatic rings. The molecule has 1 fully saturated rings. The van der Waals surface area contributed by atoms with E-state index in [0.29, 0.717) is 36.6 Å². The van der Waals surface area contributed by atoms with E-state index in [1.165, 1.54) is 30.5 Å². The summed E-state index contributed by atoms with van der Waals surface area (Å²) in [5.41, 5.74) is 1.42. The zero-order valence-electron chi connectivity index (χ0n) is 19.0. The van der Waals surface area contributed by atoms with Crippen LogP contribution in [0.1, 0.15) is 42.3 Å². The number of carbonyl (C=O) groups excluding carboxylic acids is 2. The molecule has 0 radical (unpaired) electrons. The monoisotopic (exact) mass is 459 g/mol. The summed E-state index contributed by atoms with van der Waals surface area (Å²) in [4.78, 5) is 28.4. The lowest BCUT2D eigenvalue weighted by Gasteiger charge is -2.25. The van der Waals surface area contributed by atoms with E-state index < -0.39 is 17.7 Å². The maximum atomic E-state index is 13.1. The zero-order valence-corrected chi connectivity index (χ0v) is 19.8. The molecule has 32 heavy (non-hydrogen) atoms. The Morgan fingerprint density at radius 2 is 1.88 bits per heavy atom. The fourth-order valence-corrected chi connectivity index (χ4v) is 4.79. The van der Waals surface area contributed by atoms with Gasteiger partial charge in [0.1, 0.15) is 5.76 Å². The van der Waals surface area contributed by atoms with Crippen molar-refractivity contribution in [3.8, 4) is 11.5 Å². The summed E-state index contributed by atoms with van der Waals surface area (Å²) in [5.74, 6) is -0.627. The number of aliphatic hydroxyl groups is 1. The Labute approximate surface area is 192 Å². The molecule has 2 heterocycles. The van der Waals surface area contributed by atoms with Crippen LogP contribution in [0.3, 0.4) is 0 Å². The van der Waals surface area contributed by atoms with Crippen LogP contribution >= 0.6 is 11.3 Å². The largest absolute Gasteiger partial charge is 0.507 e. The number of ether oxygens (including phenoxy) is 3. The number of likely N-dealkylation sites (tertiary alicyclic amines) is 1. The summed E-state index contributed by atoms with van der Waals surface area (Å²) in [6.45, 7) is 6.66. The third-order valence-corrected chi connectivity index (χ3v) is 6.41. The van der Waals surface area contributed by atoms with E-state index in [1.54, 1.807) is 18.2 Å². The van der Waals surface area contributed by atoms with Crippen molar-refractivity contribution in [1.29, 1.82) is 0 Å². The maximum absolute atomic E-state index is 13.1. The molecule has 1 aromatic carbocycles. The molecule has 8 heteroatoms. The van der Waals surface area contributed by atoms with Crippen LogP contribution in [0.4, 0.5) is 0 Å². The second kappa shape index (κ2) is 10.2. The van der Waals surface area contributed by atoms with Crippen LogP contribution in [-0.4, -0.2) is 55.2 Å². The van der Waals surface area contributed by atoms with Crippen LogP contribution in [0, 0.1) is 6.92 Å². The zero-order chi connectivity index (χ0) is 23.4. The van der Waals surface area contributed by atoms with Crippen molar-refractivity contribution in [2.75, 3.05) is 27.4 Å². The summed E-state index contributed by atoms with van der Waals surface area (Å²) in [6.07, 6.45) is 0.675. The number of aliphatic hydroxyl groups excluding tert-OH is 1. The third-order valence-electron chi connectivity index (χ3n) is 5.34. The molecule has 2 aromatic rings. The van der Waals surface area contributed by atoms with Gasteiger partial charge in [-0.25, -0.2) is 0 Å². The van der Waals surface area contributed by atoms with Crippen LogP contribution in [0.15, 0.2) is 35.2 Å². The molecule has 7 nitrogen and oxygen atoms in total. The van der Waals surface area contributed by atoms with Gasteiger partial charge in [0.2, 0.25) is 0 Å². The number of aryl methyl sites for hydroxylation is 1. The number of amides is 1. The summed E-state index contributed by atoms with van der Waals surface area (Å²) >= 11 is 1.46. The quantitative estimate of drug-likeness (QED) is 0.260. The first-order valence-corrected chi connectivity index (χ1v) is 11.3. The SMILES string of the molecule is COc1ccc(/C(O)=C2/C(=O)C(=O)N(CCCOC(C)C)C2c2sccc2C)cc1OC. The van der Waals surface area contributed by atoms with Crippen LogP contribution in [-0.2, 0) is 14.3 Å². The van der Waals surface area contributed by atoms with Gasteiger partial charge in [-0.05, 0) is 62.4 Å². The predicted molar refractivity (Wildman–Crippen MR) is 123 cm³/mol. The lowest BCUT2D eigenvalue weighted by Crippen LogP contribution is -2.31. The first-order valence-electron chi connectivity index (χ1n) is 10.5. The predicted octanol–water partition coefficient (Wildman–Crippen LogP) is 4.31. The minimum atomic E-state index is -0.695. The highest BCUT2D eigenvalue weighted by Gasteiger charge is 2.46. The Kier molecular flexibility index (Phi) is 7.58.